The Kier molecular flexibility index (Phi) is 9.17. The van der Waals surface area contributed by atoms with Gasteiger partial charge in [0.1, 0.15) is 11.6 Å². The van der Waals surface area contributed by atoms with Gasteiger partial charge in [-0.3, -0.25) is 10.2 Å². The van der Waals surface area contributed by atoms with E-state index < -0.39 is 17.9 Å². The Balaban J connectivity index is 1.56. The molecule has 0 amide bonds. The van der Waals surface area contributed by atoms with Crippen LogP contribution in [0, 0.1) is 11.2 Å². The van der Waals surface area contributed by atoms with Gasteiger partial charge in [0.25, 0.3) is 0 Å². The fourth-order valence-electron chi connectivity index (χ4n) is 5.27. The van der Waals surface area contributed by atoms with Crippen LogP contribution in [0.15, 0.2) is 24.3 Å². The average molecular weight is 556 g/mol. The molecule has 0 fully saturated rings. The maximum Gasteiger partial charge on any atom is 0.349 e. The van der Waals surface area contributed by atoms with E-state index in [0.717, 1.165) is 19.3 Å². The number of ketones is 1. The Hall–Kier alpha value is -3.82. The zero-order chi connectivity index (χ0) is 29.0. The first kappa shape index (κ1) is 29.2. The standard InChI is InChI=1S/C30H38FN3O6/c1-6-10-11-20-27(30(36)39-9-4)40-23-13-12-18(14-21(23)33(20)5)22(35)17-34-16-19-15-24(37-7-2)28(38-8-3)26(31)25(19)29(34)32/h12-15,20,27,32H,6-11,16-17H2,1-5H3. The molecular formula is C30H38FN3O6. The minimum atomic E-state index is -0.757. The number of rotatable bonds is 12. The Labute approximate surface area is 234 Å². The van der Waals surface area contributed by atoms with Gasteiger partial charge < -0.3 is 28.7 Å². The molecule has 2 unspecified atom stereocenters. The van der Waals surface area contributed by atoms with E-state index in [1.165, 1.54) is 0 Å². The van der Waals surface area contributed by atoms with Crippen LogP contribution < -0.4 is 19.1 Å². The van der Waals surface area contributed by atoms with Crippen molar-refractivity contribution in [3.8, 4) is 17.2 Å². The second-order valence-corrected chi connectivity index (χ2v) is 9.84. The first-order valence-electron chi connectivity index (χ1n) is 13.9. The van der Waals surface area contributed by atoms with E-state index in [9.17, 15) is 9.59 Å². The number of amidine groups is 1. The molecular weight excluding hydrogens is 517 g/mol. The summed E-state index contributed by atoms with van der Waals surface area (Å²) in [7, 11) is 1.89. The Morgan fingerprint density at radius 3 is 2.52 bits per heavy atom. The minimum Gasteiger partial charge on any atom is -0.490 e. The molecule has 4 rings (SSSR count). The predicted molar refractivity (Wildman–Crippen MR) is 150 cm³/mol. The molecule has 0 aromatic heterocycles. The maximum absolute atomic E-state index is 15.4. The summed E-state index contributed by atoms with van der Waals surface area (Å²) in [5.74, 6) is -0.567. The third-order valence-electron chi connectivity index (χ3n) is 7.24. The number of ether oxygens (including phenoxy) is 4. The van der Waals surface area contributed by atoms with Gasteiger partial charge in [-0.05, 0) is 57.0 Å². The zero-order valence-corrected chi connectivity index (χ0v) is 23.8. The molecule has 0 saturated heterocycles. The molecule has 0 bridgehead atoms. The molecule has 1 N–H and O–H groups in total. The quantitative estimate of drug-likeness (QED) is 0.290. The number of hydrogen-bond donors (Lipinski definition) is 1. The lowest BCUT2D eigenvalue weighted by atomic mass is 9.98. The minimum absolute atomic E-state index is 0.0162. The summed E-state index contributed by atoms with van der Waals surface area (Å²) in [6.45, 7) is 8.37. The van der Waals surface area contributed by atoms with Crippen LogP contribution in [0.25, 0.3) is 0 Å². The first-order chi connectivity index (χ1) is 19.2. The number of likely N-dealkylation sites (N-methyl/N-ethyl adjacent to an activating group) is 1. The third-order valence-corrected chi connectivity index (χ3v) is 7.24. The number of carbonyl (C=O) groups excluding carboxylic acids is 2. The molecule has 0 radical (unpaired) electrons. The monoisotopic (exact) mass is 555 g/mol. The van der Waals surface area contributed by atoms with Crippen molar-refractivity contribution in [3.05, 3.63) is 46.8 Å². The molecule has 2 aliphatic heterocycles. The highest BCUT2D eigenvalue weighted by Gasteiger charge is 2.40. The second-order valence-electron chi connectivity index (χ2n) is 9.84. The van der Waals surface area contributed by atoms with Gasteiger partial charge in [0.15, 0.2) is 23.1 Å². The molecule has 0 aliphatic carbocycles. The summed E-state index contributed by atoms with van der Waals surface area (Å²) < 4.78 is 37.8. The highest BCUT2D eigenvalue weighted by molar-refractivity contribution is 6.06. The van der Waals surface area contributed by atoms with E-state index in [0.29, 0.717) is 29.2 Å². The summed E-state index contributed by atoms with van der Waals surface area (Å²) in [4.78, 5) is 29.6. The van der Waals surface area contributed by atoms with Gasteiger partial charge in [0.05, 0.1) is 43.7 Å². The number of carbonyl (C=O) groups is 2. The second kappa shape index (κ2) is 12.6. The fraction of sp³-hybridized carbons (Fsp3) is 0.500. The van der Waals surface area contributed by atoms with Crippen molar-refractivity contribution >= 4 is 23.3 Å². The fourth-order valence-corrected chi connectivity index (χ4v) is 5.27. The number of esters is 1. The van der Waals surface area contributed by atoms with Crippen molar-refractivity contribution in [2.75, 3.05) is 38.3 Å². The number of unbranched alkanes of at least 4 members (excludes halogenated alkanes) is 1. The number of hydrogen-bond acceptors (Lipinski definition) is 8. The van der Waals surface area contributed by atoms with Gasteiger partial charge in [-0.15, -0.1) is 0 Å². The average Bonchev–Trinajstić information content (AvgIpc) is 3.24. The smallest absolute Gasteiger partial charge is 0.349 e. The summed E-state index contributed by atoms with van der Waals surface area (Å²) in [6, 6.07) is 6.55. The number of nitrogens with one attached hydrogen (secondary N) is 1. The number of anilines is 1. The van der Waals surface area contributed by atoms with Gasteiger partial charge in [0, 0.05) is 19.2 Å². The van der Waals surface area contributed by atoms with E-state index in [2.05, 4.69) is 6.92 Å². The van der Waals surface area contributed by atoms with Crippen LogP contribution >= 0.6 is 0 Å². The van der Waals surface area contributed by atoms with Crippen molar-refractivity contribution in [3.63, 3.8) is 0 Å². The number of Topliss-reactive ketones (excluding diaryl/α,β-unsaturated/α-hetero) is 1. The summed E-state index contributed by atoms with van der Waals surface area (Å²) in [5, 5.41) is 8.62. The molecule has 216 valence electrons. The summed E-state index contributed by atoms with van der Waals surface area (Å²) in [5.41, 5.74) is 1.85. The molecule has 9 nitrogen and oxygen atoms in total. The predicted octanol–water partition coefficient (Wildman–Crippen LogP) is 4.97. The van der Waals surface area contributed by atoms with E-state index in [1.54, 1.807) is 49.9 Å². The first-order valence-corrected chi connectivity index (χ1v) is 13.9. The van der Waals surface area contributed by atoms with Gasteiger partial charge >= 0.3 is 5.97 Å². The van der Waals surface area contributed by atoms with Crippen molar-refractivity contribution in [2.24, 2.45) is 0 Å². The number of halogens is 1. The van der Waals surface area contributed by atoms with Crippen LogP contribution in [0.1, 0.15) is 68.4 Å². The highest BCUT2D eigenvalue weighted by atomic mass is 19.1. The topological polar surface area (TPSA) is 101 Å². The number of benzene rings is 2. The van der Waals surface area contributed by atoms with Crippen molar-refractivity contribution in [1.29, 1.82) is 5.41 Å². The van der Waals surface area contributed by atoms with Gasteiger partial charge in [-0.25, -0.2) is 9.18 Å². The van der Waals surface area contributed by atoms with Crippen molar-refractivity contribution in [2.45, 2.75) is 65.6 Å². The van der Waals surface area contributed by atoms with Crippen LogP contribution in [0.4, 0.5) is 10.1 Å². The van der Waals surface area contributed by atoms with E-state index in [-0.39, 0.29) is 61.0 Å². The molecule has 2 aromatic carbocycles. The molecule has 2 heterocycles. The van der Waals surface area contributed by atoms with Crippen LogP contribution in [0.3, 0.4) is 0 Å². The highest BCUT2D eigenvalue weighted by Crippen LogP contribution is 2.40. The number of nitrogens with zero attached hydrogens (tertiary/aromatic N) is 2. The van der Waals surface area contributed by atoms with Gasteiger partial charge in [-0.1, -0.05) is 19.8 Å². The Morgan fingerprint density at radius 2 is 1.85 bits per heavy atom. The van der Waals surface area contributed by atoms with Crippen LogP contribution in [-0.2, 0) is 16.1 Å². The third kappa shape index (κ3) is 5.57. The van der Waals surface area contributed by atoms with E-state index >= 15 is 4.39 Å². The lowest BCUT2D eigenvalue weighted by molar-refractivity contribution is -0.153. The van der Waals surface area contributed by atoms with Crippen molar-refractivity contribution < 1.29 is 32.9 Å². The lowest BCUT2D eigenvalue weighted by Gasteiger charge is -2.40. The Morgan fingerprint density at radius 1 is 1.10 bits per heavy atom. The Bertz CT molecular complexity index is 1280. The largest absolute Gasteiger partial charge is 0.490 e. The normalized spacial score (nSPS) is 17.7. The maximum atomic E-state index is 15.4. The van der Waals surface area contributed by atoms with Crippen LogP contribution in [0.5, 0.6) is 17.2 Å². The number of fused-ring (bicyclic) bond motifs is 2. The SMILES string of the molecule is CCCCC1C(C(=O)OCC)Oc2ccc(C(=O)CN3Cc4cc(OCC)c(OCC)c(F)c4C3=N)cc2N1C. The van der Waals surface area contributed by atoms with Crippen LogP contribution in [-0.4, -0.2) is 68.0 Å². The molecule has 2 atom stereocenters. The van der Waals surface area contributed by atoms with Gasteiger partial charge in [0.2, 0.25) is 6.10 Å². The molecule has 10 heteroatoms. The molecule has 0 saturated carbocycles. The summed E-state index contributed by atoms with van der Waals surface area (Å²) >= 11 is 0. The zero-order valence-electron chi connectivity index (χ0n) is 23.8. The van der Waals surface area contributed by atoms with E-state index in [1.807, 2.05) is 11.9 Å². The molecule has 40 heavy (non-hydrogen) atoms. The lowest BCUT2D eigenvalue weighted by Crippen LogP contribution is -2.52. The van der Waals surface area contributed by atoms with Crippen molar-refractivity contribution in [1.82, 2.24) is 4.90 Å². The van der Waals surface area contributed by atoms with E-state index in [4.69, 9.17) is 24.4 Å². The summed E-state index contributed by atoms with van der Waals surface area (Å²) in [6.07, 6.45) is 1.85. The van der Waals surface area contributed by atoms with Crippen LogP contribution in [0.2, 0.25) is 0 Å². The molecule has 2 aromatic rings. The molecule has 2 aliphatic rings. The van der Waals surface area contributed by atoms with Gasteiger partial charge in [-0.2, -0.15) is 0 Å². The molecule has 0 spiro atoms.